The number of aromatic nitrogens is 1. The molecule has 2 N–H and O–H groups in total. The molecule has 26 heavy (non-hydrogen) atoms. The van der Waals surface area contributed by atoms with E-state index in [0.717, 1.165) is 23.7 Å². The Kier molecular flexibility index (Phi) is 4.43. The number of fused-ring (bicyclic) bond motifs is 1. The molecule has 1 amide bonds. The van der Waals surface area contributed by atoms with Gasteiger partial charge in [0, 0.05) is 18.3 Å². The first-order chi connectivity index (χ1) is 12.1. The zero-order valence-electron chi connectivity index (χ0n) is 13.3. The number of hydrogen-bond acceptors (Lipinski definition) is 3. The van der Waals surface area contributed by atoms with E-state index in [1.165, 1.54) is 6.07 Å². The summed E-state index contributed by atoms with van der Waals surface area (Å²) in [5, 5.41) is 14.1. The highest BCUT2D eigenvalue weighted by Gasteiger charge is 2.44. The van der Waals surface area contributed by atoms with Crippen LogP contribution in [0.25, 0.3) is 0 Å². The van der Waals surface area contributed by atoms with E-state index in [0.29, 0.717) is 0 Å². The second-order valence-electron chi connectivity index (χ2n) is 5.74. The highest BCUT2D eigenvalue weighted by Crippen LogP contribution is 2.40. The summed E-state index contributed by atoms with van der Waals surface area (Å²) in [6, 6.07) is 3.43. The van der Waals surface area contributed by atoms with Gasteiger partial charge in [0.1, 0.15) is 17.2 Å². The zero-order valence-corrected chi connectivity index (χ0v) is 14.0. The molecule has 0 radical (unpaired) electrons. The monoisotopic (exact) mass is 389 g/mol. The number of alkyl halides is 3. The van der Waals surface area contributed by atoms with Crippen molar-refractivity contribution in [1.29, 1.82) is 0 Å². The van der Waals surface area contributed by atoms with Gasteiger partial charge in [-0.3, -0.25) is 4.79 Å². The van der Waals surface area contributed by atoms with Crippen molar-refractivity contribution >= 4 is 28.9 Å². The van der Waals surface area contributed by atoms with Crippen LogP contribution in [0.1, 0.15) is 33.7 Å². The number of amides is 1. The molecule has 1 aliphatic rings. The maximum Gasteiger partial charge on any atom is 0.432 e. The minimum atomic E-state index is -4.74. The number of nitrogens with one attached hydrogen (secondary N) is 1. The standard InChI is InChI=1S/C16H12ClF4N3O2/c1-24-13(15(25)22-7-2-4-10(18)9(17)6-7)8-3-5-11(23-26)12(8)14(24)16(19,20)21/h2,4,6,26H,3,5H2,1H3,(H,22,25). The molecule has 0 atom stereocenters. The number of nitrogens with zero attached hydrogens (tertiary/aromatic N) is 2. The van der Waals surface area contributed by atoms with Crippen LogP contribution >= 0.6 is 11.6 Å². The van der Waals surface area contributed by atoms with Gasteiger partial charge in [0.15, 0.2) is 0 Å². The molecule has 0 fully saturated rings. The van der Waals surface area contributed by atoms with Crippen molar-refractivity contribution in [1.82, 2.24) is 4.57 Å². The second kappa shape index (κ2) is 6.31. The van der Waals surface area contributed by atoms with Crippen molar-refractivity contribution in [2.75, 3.05) is 5.32 Å². The SMILES string of the molecule is Cn1c(C(=O)Nc2ccc(F)c(Cl)c2)c2c(c1C(F)(F)F)C(=NO)CC2. The molecule has 1 aliphatic carbocycles. The molecule has 1 heterocycles. The molecular weight excluding hydrogens is 378 g/mol. The summed E-state index contributed by atoms with van der Waals surface area (Å²) in [7, 11) is 1.11. The van der Waals surface area contributed by atoms with Crippen LogP contribution in [0.2, 0.25) is 5.02 Å². The van der Waals surface area contributed by atoms with E-state index in [9.17, 15) is 22.4 Å². The molecule has 0 saturated carbocycles. The van der Waals surface area contributed by atoms with E-state index in [1.807, 2.05) is 0 Å². The highest BCUT2D eigenvalue weighted by molar-refractivity contribution is 6.31. The molecule has 0 unspecified atom stereocenters. The van der Waals surface area contributed by atoms with Crippen LogP contribution in [-0.2, 0) is 19.6 Å². The number of hydrogen-bond donors (Lipinski definition) is 2. The van der Waals surface area contributed by atoms with Gasteiger partial charge in [-0.2, -0.15) is 13.2 Å². The van der Waals surface area contributed by atoms with Gasteiger partial charge in [0.2, 0.25) is 0 Å². The number of halogens is 5. The average Bonchev–Trinajstić information content (AvgIpc) is 3.06. The molecule has 0 saturated heterocycles. The van der Waals surface area contributed by atoms with Crippen molar-refractivity contribution in [2.24, 2.45) is 12.2 Å². The van der Waals surface area contributed by atoms with Gasteiger partial charge >= 0.3 is 6.18 Å². The van der Waals surface area contributed by atoms with Crippen LogP contribution < -0.4 is 5.32 Å². The first-order valence-corrected chi connectivity index (χ1v) is 7.79. The summed E-state index contributed by atoms with van der Waals surface area (Å²) in [4.78, 5) is 12.6. The van der Waals surface area contributed by atoms with E-state index in [2.05, 4.69) is 10.5 Å². The third-order valence-electron chi connectivity index (χ3n) is 4.18. The number of rotatable bonds is 2. The van der Waals surface area contributed by atoms with Gasteiger partial charge in [-0.05, 0) is 36.6 Å². The molecule has 1 aromatic heterocycles. The van der Waals surface area contributed by atoms with Gasteiger partial charge in [-0.15, -0.1) is 0 Å². The Bertz CT molecular complexity index is 935. The van der Waals surface area contributed by atoms with Crippen molar-refractivity contribution < 1.29 is 27.6 Å². The van der Waals surface area contributed by atoms with E-state index in [4.69, 9.17) is 16.8 Å². The van der Waals surface area contributed by atoms with Crippen molar-refractivity contribution in [3.05, 3.63) is 51.6 Å². The first kappa shape index (κ1) is 18.2. The number of benzene rings is 1. The molecule has 0 bridgehead atoms. The number of oxime groups is 1. The van der Waals surface area contributed by atoms with Crippen LogP contribution in [0.15, 0.2) is 23.4 Å². The Morgan fingerprint density at radius 1 is 1.35 bits per heavy atom. The minimum Gasteiger partial charge on any atom is -0.411 e. The maximum absolute atomic E-state index is 13.5. The van der Waals surface area contributed by atoms with E-state index in [-0.39, 0.29) is 46.1 Å². The van der Waals surface area contributed by atoms with Gasteiger partial charge in [-0.25, -0.2) is 4.39 Å². The van der Waals surface area contributed by atoms with Crippen LogP contribution in [0.4, 0.5) is 23.2 Å². The number of carbonyl (C=O) groups excluding carboxylic acids is 1. The molecule has 138 valence electrons. The summed E-state index contributed by atoms with van der Waals surface area (Å²) in [5.74, 6) is -1.49. The quantitative estimate of drug-likeness (QED) is 0.459. The third kappa shape index (κ3) is 2.92. The smallest absolute Gasteiger partial charge is 0.411 e. The van der Waals surface area contributed by atoms with Crippen molar-refractivity contribution in [2.45, 2.75) is 19.0 Å². The summed E-state index contributed by atoms with van der Waals surface area (Å²) >= 11 is 5.65. The van der Waals surface area contributed by atoms with Crippen LogP contribution in [0, 0.1) is 5.82 Å². The Balaban J connectivity index is 2.08. The highest BCUT2D eigenvalue weighted by atomic mass is 35.5. The molecule has 2 aromatic rings. The van der Waals surface area contributed by atoms with Crippen LogP contribution in [0.3, 0.4) is 0 Å². The lowest BCUT2D eigenvalue weighted by molar-refractivity contribution is -0.143. The summed E-state index contributed by atoms with van der Waals surface area (Å²) < 4.78 is 54.3. The van der Waals surface area contributed by atoms with E-state index in [1.54, 1.807) is 0 Å². The fourth-order valence-electron chi connectivity index (χ4n) is 3.15. The Morgan fingerprint density at radius 2 is 2.04 bits per heavy atom. The van der Waals surface area contributed by atoms with Crippen molar-refractivity contribution in [3.63, 3.8) is 0 Å². The van der Waals surface area contributed by atoms with Gasteiger partial charge in [-0.1, -0.05) is 16.8 Å². The Hall–Kier alpha value is -2.55. The summed E-state index contributed by atoms with van der Waals surface area (Å²) in [6.45, 7) is 0. The fraction of sp³-hybridized carbons (Fsp3) is 0.250. The molecule has 10 heteroatoms. The average molecular weight is 390 g/mol. The molecule has 5 nitrogen and oxygen atoms in total. The summed E-state index contributed by atoms with van der Waals surface area (Å²) in [5.41, 5.74) is -1.36. The summed E-state index contributed by atoms with van der Waals surface area (Å²) in [6.07, 6.45) is -4.52. The van der Waals surface area contributed by atoms with Gasteiger partial charge < -0.3 is 15.1 Å². The molecule has 0 spiro atoms. The first-order valence-electron chi connectivity index (χ1n) is 7.41. The molecular formula is C16H12ClF4N3O2. The van der Waals surface area contributed by atoms with Gasteiger partial charge in [0.25, 0.3) is 5.91 Å². The van der Waals surface area contributed by atoms with Crippen LogP contribution in [0.5, 0.6) is 0 Å². The largest absolute Gasteiger partial charge is 0.432 e. The molecule has 0 aliphatic heterocycles. The lowest BCUT2D eigenvalue weighted by Gasteiger charge is -2.13. The third-order valence-corrected chi connectivity index (χ3v) is 4.47. The second-order valence-corrected chi connectivity index (χ2v) is 6.14. The topological polar surface area (TPSA) is 66.6 Å². The number of anilines is 1. The molecule has 1 aromatic carbocycles. The predicted octanol–water partition coefficient (Wildman–Crippen LogP) is 4.21. The molecule has 3 rings (SSSR count). The van der Waals surface area contributed by atoms with E-state index >= 15 is 0 Å². The van der Waals surface area contributed by atoms with Crippen LogP contribution in [-0.4, -0.2) is 21.4 Å². The normalized spacial score (nSPS) is 15.4. The van der Waals surface area contributed by atoms with Crippen molar-refractivity contribution in [3.8, 4) is 0 Å². The zero-order chi connectivity index (χ0) is 19.2. The maximum atomic E-state index is 13.5. The Morgan fingerprint density at radius 3 is 2.62 bits per heavy atom. The fourth-order valence-corrected chi connectivity index (χ4v) is 3.33. The van der Waals surface area contributed by atoms with Gasteiger partial charge in [0.05, 0.1) is 10.7 Å². The Labute approximate surface area is 149 Å². The predicted molar refractivity (Wildman–Crippen MR) is 86.4 cm³/mol. The lowest BCUT2D eigenvalue weighted by atomic mass is 10.1. The van der Waals surface area contributed by atoms with E-state index < -0.39 is 23.6 Å². The minimum absolute atomic E-state index is 0.0910. The lowest BCUT2D eigenvalue weighted by Crippen LogP contribution is -2.21. The number of carbonyl (C=O) groups is 1.